The third-order valence-electron chi connectivity index (χ3n) is 2.78. The highest BCUT2D eigenvalue weighted by molar-refractivity contribution is 7.97. The summed E-state index contributed by atoms with van der Waals surface area (Å²) in [6, 6.07) is 16.0. The fraction of sp³-hybridized carbons (Fsp3) is 0. The molecular formula is C14H11ClN2S. The summed E-state index contributed by atoms with van der Waals surface area (Å²) in [4.78, 5) is 1.11. The molecule has 2 aromatic rings. The topological polar surface area (TPSA) is 29.3 Å². The molecule has 0 saturated heterocycles. The van der Waals surface area contributed by atoms with Crippen LogP contribution < -0.4 is 5.84 Å². The summed E-state index contributed by atoms with van der Waals surface area (Å²) in [7, 11) is 0. The number of hydrogen-bond acceptors (Lipinski definition) is 3. The first kappa shape index (κ1) is 11.7. The molecule has 3 rings (SSSR count). The lowest BCUT2D eigenvalue weighted by molar-refractivity contribution is 0.669. The van der Waals surface area contributed by atoms with Crippen molar-refractivity contribution in [3.63, 3.8) is 0 Å². The molecule has 0 unspecified atom stereocenters. The summed E-state index contributed by atoms with van der Waals surface area (Å²) >= 11 is 7.58. The summed E-state index contributed by atoms with van der Waals surface area (Å²) in [5, 5.41) is 0.738. The smallest absolute Gasteiger partial charge is 0.0412 e. The Morgan fingerprint density at radius 2 is 1.83 bits per heavy atom. The van der Waals surface area contributed by atoms with Gasteiger partial charge in [0.1, 0.15) is 0 Å². The first-order valence-corrected chi connectivity index (χ1v) is 6.68. The maximum absolute atomic E-state index is 6.08. The standard InChI is InChI=1S/C14H11ClN2S/c15-11-6-7-14-12(8-11)13(9-17(16)18-14)10-4-2-1-3-5-10/h1-9H,16H2. The van der Waals surface area contributed by atoms with Crippen LogP contribution in [0.1, 0.15) is 11.1 Å². The molecule has 18 heavy (non-hydrogen) atoms. The third kappa shape index (κ3) is 2.12. The number of rotatable bonds is 1. The van der Waals surface area contributed by atoms with Crippen LogP contribution in [-0.2, 0) is 0 Å². The van der Waals surface area contributed by atoms with Gasteiger partial charge in [-0.05, 0) is 23.8 Å². The van der Waals surface area contributed by atoms with Crippen LogP contribution in [0.2, 0.25) is 5.02 Å². The second-order valence-corrected chi connectivity index (χ2v) is 5.48. The maximum Gasteiger partial charge on any atom is 0.0412 e. The monoisotopic (exact) mass is 274 g/mol. The molecule has 4 heteroatoms. The Morgan fingerprint density at radius 3 is 2.61 bits per heavy atom. The molecule has 0 bridgehead atoms. The second-order valence-electron chi connectivity index (χ2n) is 4.00. The zero-order valence-corrected chi connectivity index (χ0v) is 11.1. The number of nitrogens with zero attached hydrogens (tertiary/aromatic N) is 1. The Hall–Kier alpha value is -1.42. The van der Waals surface area contributed by atoms with Crippen molar-refractivity contribution in [2.45, 2.75) is 4.90 Å². The van der Waals surface area contributed by atoms with Gasteiger partial charge < -0.3 is 0 Å². The van der Waals surface area contributed by atoms with Gasteiger partial charge in [-0.25, -0.2) is 5.84 Å². The van der Waals surface area contributed by atoms with Crippen molar-refractivity contribution >= 4 is 29.1 Å². The number of fused-ring (bicyclic) bond motifs is 1. The number of nitrogens with two attached hydrogens (primary N) is 1. The van der Waals surface area contributed by atoms with Crippen LogP contribution in [0.5, 0.6) is 0 Å². The summed E-state index contributed by atoms with van der Waals surface area (Å²) in [5.41, 5.74) is 3.35. The first-order chi connectivity index (χ1) is 8.74. The molecule has 1 aliphatic rings. The van der Waals surface area contributed by atoms with Crippen molar-refractivity contribution in [3.05, 3.63) is 70.9 Å². The van der Waals surface area contributed by atoms with E-state index in [0.29, 0.717) is 0 Å². The van der Waals surface area contributed by atoms with Crippen molar-refractivity contribution in [1.82, 2.24) is 4.41 Å². The van der Waals surface area contributed by atoms with E-state index >= 15 is 0 Å². The average molecular weight is 275 g/mol. The maximum atomic E-state index is 6.08. The van der Waals surface area contributed by atoms with E-state index in [-0.39, 0.29) is 0 Å². The Balaban J connectivity index is 2.17. The van der Waals surface area contributed by atoms with Crippen molar-refractivity contribution in [3.8, 4) is 0 Å². The van der Waals surface area contributed by atoms with Gasteiger partial charge in [0.2, 0.25) is 0 Å². The summed E-state index contributed by atoms with van der Waals surface area (Å²) in [5.74, 6) is 5.90. The van der Waals surface area contributed by atoms with E-state index in [9.17, 15) is 0 Å². The lowest BCUT2D eigenvalue weighted by Gasteiger charge is -2.24. The fourth-order valence-electron chi connectivity index (χ4n) is 1.98. The summed E-state index contributed by atoms with van der Waals surface area (Å²) in [6.45, 7) is 0. The van der Waals surface area contributed by atoms with Gasteiger partial charge in [0.25, 0.3) is 0 Å². The molecule has 2 aromatic carbocycles. The normalized spacial score (nSPS) is 14.1. The van der Waals surface area contributed by atoms with Crippen LogP contribution in [-0.4, -0.2) is 4.41 Å². The van der Waals surface area contributed by atoms with Crippen LogP contribution in [0, 0.1) is 0 Å². The van der Waals surface area contributed by atoms with Gasteiger partial charge in [-0.2, -0.15) is 0 Å². The highest BCUT2D eigenvalue weighted by Crippen LogP contribution is 2.39. The van der Waals surface area contributed by atoms with E-state index in [1.165, 1.54) is 11.9 Å². The summed E-state index contributed by atoms with van der Waals surface area (Å²) in [6.07, 6.45) is 1.93. The quantitative estimate of drug-likeness (QED) is 0.631. The molecule has 0 aromatic heterocycles. The number of hydrazine groups is 1. The van der Waals surface area contributed by atoms with Crippen LogP contribution in [0.25, 0.3) is 5.57 Å². The second kappa shape index (κ2) is 4.69. The molecule has 0 spiro atoms. The molecule has 2 N–H and O–H groups in total. The van der Waals surface area contributed by atoms with Gasteiger partial charge in [-0.15, -0.1) is 0 Å². The Labute approximate surface area is 115 Å². The van der Waals surface area contributed by atoms with E-state index in [2.05, 4.69) is 12.1 Å². The predicted molar refractivity (Wildman–Crippen MR) is 76.9 cm³/mol. The van der Waals surface area contributed by atoms with Gasteiger partial charge in [0.05, 0.1) is 0 Å². The molecule has 1 aliphatic heterocycles. The van der Waals surface area contributed by atoms with E-state index < -0.39 is 0 Å². The van der Waals surface area contributed by atoms with Crippen LogP contribution in [0.4, 0.5) is 0 Å². The predicted octanol–water partition coefficient (Wildman–Crippen LogP) is 3.93. The van der Waals surface area contributed by atoms with E-state index in [4.69, 9.17) is 17.4 Å². The largest absolute Gasteiger partial charge is 0.255 e. The Morgan fingerprint density at radius 1 is 1.06 bits per heavy atom. The van der Waals surface area contributed by atoms with Gasteiger partial charge in [-0.3, -0.25) is 4.41 Å². The first-order valence-electron chi connectivity index (χ1n) is 5.53. The highest BCUT2D eigenvalue weighted by atomic mass is 35.5. The minimum Gasteiger partial charge on any atom is -0.255 e. The molecule has 0 radical (unpaired) electrons. The molecule has 2 nitrogen and oxygen atoms in total. The van der Waals surface area contributed by atoms with Gasteiger partial charge in [0, 0.05) is 39.2 Å². The highest BCUT2D eigenvalue weighted by Gasteiger charge is 2.18. The van der Waals surface area contributed by atoms with Gasteiger partial charge in [-0.1, -0.05) is 41.9 Å². The van der Waals surface area contributed by atoms with Gasteiger partial charge >= 0.3 is 0 Å². The van der Waals surface area contributed by atoms with E-state index in [1.54, 1.807) is 4.41 Å². The number of hydrogen-bond donors (Lipinski definition) is 1. The molecule has 1 heterocycles. The van der Waals surface area contributed by atoms with Crippen molar-refractivity contribution in [1.29, 1.82) is 0 Å². The van der Waals surface area contributed by atoms with Crippen molar-refractivity contribution in [2.24, 2.45) is 5.84 Å². The van der Waals surface area contributed by atoms with Crippen molar-refractivity contribution < 1.29 is 0 Å². The molecule has 0 atom stereocenters. The summed E-state index contributed by atoms with van der Waals surface area (Å²) < 4.78 is 1.62. The molecule has 90 valence electrons. The minimum absolute atomic E-state index is 0.738. The number of benzene rings is 2. The Bertz CT molecular complexity index is 610. The Kier molecular flexibility index (Phi) is 3.04. The van der Waals surface area contributed by atoms with Crippen LogP contribution in [0.3, 0.4) is 0 Å². The minimum atomic E-state index is 0.738. The molecule has 0 saturated carbocycles. The number of halogens is 1. The van der Waals surface area contributed by atoms with E-state index in [1.807, 2.05) is 42.6 Å². The molecule has 0 amide bonds. The van der Waals surface area contributed by atoms with Crippen LogP contribution >= 0.6 is 23.5 Å². The van der Waals surface area contributed by atoms with Crippen molar-refractivity contribution in [2.75, 3.05) is 0 Å². The zero-order chi connectivity index (χ0) is 12.5. The van der Waals surface area contributed by atoms with E-state index in [0.717, 1.165) is 26.6 Å². The van der Waals surface area contributed by atoms with Crippen LogP contribution in [0.15, 0.2) is 59.6 Å². The lowest BCUT2D eigenvalue weighted by Crippen LogP contribution is -2.20. The lowest BCUT2D eigenvalue weighted by atomic mass is 9.99. The SMILES string of the molecule is NN1C=C(c2ccccc2)c2cc(Cl)ccc2S1. The third-order valence-corrected chi connectivity index (χ3v) is 3.88. The molecule has 0 aliphatic carbocycles. The average Bonchev–Trinajstić information content (AvgIpc) is 2.39. The molecule has 0 fully saturated rings. The molecular weight excluding hydrogens is 264 g/mol. The zero-order valence-electron chi connectivity index (χ0n) is 9.51. The van der Waals surface area contributed by atoms with Gasteiger partial charge in [0.15, 0.2) is 0 Å². The fourth-order valence-corrected chi connectivity index (χ4v) is 2.93.